The molecule has 88 valence electrons. The van der Waals surface area contributed by atoms with Crippen LogP contribution < -0.4 is 0 Å². The monoisotopic (exact) mass is 218 g/mol. The summed E-state index contributed by atoms with van der Waals surface area (Å²) in [6.45, 7) is 6.50. The summed E-state index contributed by atoms with van der Waals surface area (Å²) in [7, 11) is 4.09. The summed E-state index contributed by atoms with van der Waals surface area (Å²) < 4.78 is 0. The molecule has 0 aliphatic carbocycles. The van der Waals surface area contributed by atoms with Crippen LogP contribution in [0.1, 0.15) is 26.3 Å². The van der Waals surface area contributed by atoms with Gasteiger partial charge in [0.05, 0.1) is 5.69 Å². The molecule has 0 amide bonds. The van der Waals surface area contributed by atoms with Crippen molar-refractivity contribution in [3.63, 3.8) is 0 Å². The van der Waals surface area contributed by atoms with E-state index in [1.807, 2.05) is 14.1 Å². The standard InChI is InChI=1S/C14H22N2/c1-6-12-8-7-9-13(10-12)15-14(11(2)3)16(4)5/h7-11H,6H2,1-5H3. The molecule has 0 spiro atoms. The lowest BCUT2D eigenvalue weighted by molar-refractivity contribution is 0.575. The molecule has 2 nitrogen and oxygen atoms in total. The van der Waals surface area contributed by atoms with Crippen molar-refractivity contribution in [1.82, 2.24) is 4.90 Å². The van der Waals surface area contributed by atoms with Crippen LogP contribution in [0.5, 0.6) is 0 Å². The first-order chi connectivity index (χ1) is 7.54. The van der Waals surface area contributed by atoms with E-state index in [2.05, 4.69) is 49.9 Å². The van der Waals surface area contributed by atoms with Gasteiger partial charge in [-0.05, 0) is 24.1 Å². The molecule has 0 heterocycles. The summed E-state index contributed by atoms with van der Waals surface area (Å²) in [5.74, 6) is 1.56. The molecule has 0 unspecified atom stereocenters. The lowest BCUT2D eigenvalue weighted by Gasteiger charge is -2.19. The van der Waals surface area contributed by atoms with Crippen molar-refractivity contribution in [2.75, 3.05) is 14.1 Å². The molecule has 0 atom stereocenters. The van der Waals surface area contributed by atoms with Gasteiger partial charge in [0.2, 0.25) is 0 Å². The molecule has 0 saturated heterocycles. The topological polar surface area (TPSA) is 15.6 Å². The van der Waals surface area contributed by atoms with E-state index in [1.54, 1.807) is 0 Å². The summed E-state index contributed by atoms with van der Waals surface area (Å²) in [6.07, 6.45) is 1.06. The molecular formula is C14H22N2. The molecule has 2 heteroatoms. The van der Waals surface area contributed by atoms with E-state index >= 15 is 0 Å². The van der Waals surface area contributed by atoms with Crippen LogP contribution in [-0.2, 0) is 6.42 Å². The van der Waals surface area contributed by atoms with Crippen LogP contribution >= 0.6 is 0 Å². The zero-order valence-corrected chi connectivity index (χ0v) is 11.0. The Hall–Kier alpha value is -1.31. The van der Waals surface area contributed by atoms with Gasteiger partial charge in [-0.1, -0.05) is 32.9 Å². The van der Waals surface area contributed by atoms with E-state index in [0.717, 1.165) is 17.9 Å². The maximum absolute atomic E-state index is 4.71. The van der Waals surface area contributed by atoms with Gasteiger partial charge < -0.3 is 4.90 Å². The minimum absolute atomic E-state index is 0.445. The maximum Gasteiger partial charge on any atom is 0.107 e. The van der Waals surface area contributed by atoms with Crippen LogP contribution in [0.15, 0.2) is 29.3 Å². The van der Waals surface area contributed by atoms with Gasteiger partial charge in [0.1, 0.15) is 5.84 Å². The van der Waals surface area contributed by atoms with Crippen molar-refractivity contribution >= 4 is 11.5 Å². The van der Waals surface area contributed by atoms with E-state index in [1.165, 1.54) is 5.56 Å². The predicted molar refractivity (Wildman–Crippen MR) is 71.4 cm³/mol. The van der Waals surface area contributed by atoms with Crippen LogP contribution in [0.25, 0.3) is 0 Å². The van der Waals surface area contributed by atoms with Crippen molar-refractivity contribution in [3.8, 4) is 0 Å². The molecule has 0 radical (unpaired) electrons. The molecule has 1 aromatic rings. The zero-order valence-electron chi connectivity index (χ0n) is 11.0. The SMILES string of the molecule is CCc1cccc(N=C(C(C)C)N(C)C)c1. The molecule has 16 heavy (non-hydrogen) atoms. The highest BCUT2D eigenvalue weighted by atomic mass is 15.1. The average molecular weight is 218 g/mol. The van der Waals surface area contributed by atoms with Crippen LogP contribution in [0, 0.1) is 5.92 Å². The van der Waals surface area contributed by atoms with Gasteiger partial charge in [-0.15, -0.1) is 0 Å². The number of nitrogens with zero attached hydrogens (tertiary/aromatic N) is 2. The zero-order chi connectivity index (χ0) is 12.1. The summed E-state index contributed by atoms with van der Waals surface area (Å²) in [5, 5.41) is 0. The van der Waals surface area contributed by atoms with Crippen molar-refractivity contribution in [2.24, 2.45) is 10.9 Å². The maximum atomic E-state index is 4.71. The highest BCUT2D eigenvalue weighted by molar-refractivity contribution is 5.86. The Morgan fingerprint density at radius 1 is 1.31 bits per heavy atom. The lowest BCUT2D eigenvalue weighted by Crippen LogP contribution is -2.26. The van der Waals surface area contributed by atoms with Gasteiger partial charge in [-0.2, -0.15) is 0 Å². The fourth-order valence-electron chi connectivity index (χ4n) is 1.72. The molecule has 0 saturated carbocycles. The van der Waals surface area contributed by atoms with E-state index < -0.39 is 0 Å². The molecule has 0 aliphatic rings. The minimum Gasteiger partial charge on any atom is -0.366 e. The Kier molecular flexibility index (Phi) is 4.53. The number of aryl methyl sites for hydroxylation is 1. The number of hydrogen-bond acceptors (Lipinski definition) is 1. The van der Waals surface area contributed by atoms with Gasteiger partial charge in [0.15, 0.2) is 0 Å². The quantitative estimate of drug-likeness (QED) is 0.560. The van der Waals surface area contributed by atoms with E-state index in [0.29, 0.717) is 5.92 Å². The van der Waals surface area contributed by atoms with Gasteiger partial charge in [0.25, 0.3) is 0 Å². The molecule has 1 aromatic carbocycles. The molecule has 0 fully saturated rings. The highest BCUT2D eigenvalue weighted by Gasteiger charge is 2.07. The Balaban J connectivity index is 3.03. The van der Waals surface area contributed by atoms with Crippen LogP contribution in [0.3, 0.4) is 0 Å². The van der Waals surface area contributed by atoms with Crippen molar-refractivity contribution in [2.45, 2.75) is 27.2 Å². The van der Waals surface area contributed by atoms with Gasteiger partial charge in [-0.25, -0.2) is 4.99 Å². The fraction of sp³-hybridized carbons (Fsp3) is 0.500. The normalized spacial score (nSPS) is 12.0. The number of rotatable bonds is 3. The second-order valence-electron chi connectivity index (χ2n) is 4.54. The Morgan fingerprint density at radius 3 is 2.50 bits per heavy atom. The van der Waals surface area contributed by atoms with Gasteiger partial charge >= 0.3 is 0 Å². The number of amidine groups is 1. The third kappa shape index (κ3) is 3.37. The summed E-state index contributed by atoms with van der Waals surface area (Å²) in [6, 6.07) is 8.44. The number of hydrogen-bond donors (Lipinski definition) is 0. The van der Waals surface area contributed by atoms with Crippen LogP contribution in [0.2, 0.25) is 0 Å². The third-order valence-electron chi connectivity index (χ3n) is 2.54. The van der Waals surface area contributed by atoms with Gasteiger partial charge in [-0.3, -0.25) is 0 Å². The van der Waals surface area contributed by atoms with E-state index in [4.69, 9.17) is 4.99 Å². The first kappa shape index (κ1) is 12.8. The lowest BCUT2D eigenvalue weighted by atomic mass is 10.1. The largest absolute Gasteiger partial charge is 0.366 e. The molecule has 0 aromatic heterocycles. The van der Waals surface area contributed by atoms with Crippen molar-refractivity contribution in [1.29, 1.82) is 0 Å². The number of benzene rings is 1. The second kappa shape index (κ2) is 5.69. The smallest absolute Gasteiger partial charge is 0.107 e. The Labute approximate surface area is 99.0 Å². The number of aliphatic imine (C=N–C) groups is 1. The summed E-state index contributed by atoms with van der Waals surface area (Å²) >= 11 is 0. The molecular weight excluding hydrogens is 196 g/mol. The fourth-order valence-corrected chi connectivity index (χ4v) is 1.72. The molecule has 0 aliphatic heterocycles. The molecule has 0 bridgehead atoms. The second-order valence-corrected chi connectivity index (χ2v) is 4.54. The van der Waals surface area contributed by atoms with E-state index in [9.17, 15) is 0 Å². The van der Waals surface area contributed by atoms with Crippen molar-refractivity contribution < 1.29 is 0 Å². The highest BCUT2D eigenvalue weighted by Crippen LogP contribution is 2.17. The van der Waals surface area contributed by atoms with Crippen LogP contribution in [-0.4, -0.2) is 24.8 Å². The minimum atomic E-state index is 0.445. The summed E-state index contributed by atoms with van der Waals surface area (Å²) in [4.78, 5) is 6.80. The summed E-state index contributed by atoms with van der Waals surface area (Å²) in [5.41, 5.74) is 2.39. The first-order valence-electron chi connectivity index (χ1n) is 5.89. The molecule has 0 N–H and O–H groups in total. The van der Waals surface area contributed by atoms with Crippen molar-refractivity contribution in [3.05, 3.63) is 29.8 Å². The Bertz CT molecular complexity index is 355. The van der Waals surface area contributed by atoms with Gasteiger partial charge in [0, 0.05) is 20.0 Å². The first-order valence-corrected chi connectivity index (χ1v) is 5.89. The van der Waals surface area contributed by atoms with E-state index in [-0.39, 0.29) is 0 Å². The van der Waals surface area contributed by atoms with Crippen LogP contribution in [0.4, 0.5) is 5.69 Å². The predicted octanol–water partition coefficient (Wildman–Crippen LogP) is 3.50. The Morgan fingerprint density at radius 2 is 2.00 bits per heavy atom. The third-order valence-corrected chi connectivity index (χ3v) is 2.54. The molecule has 1 rings (SSSR count). The average Bonchev–Trinajstić information content (AvgIpc) is 2.25.